The third-order valence-corrected chi connectivity index (χ3v) is 5.62. The number of hydrogen-bond donors (Lipinski definition) is 1. The van der Waals surface area contributed by atoms with E-state index in [1.54, 1.807) is 7.05 Å². The van der Waals surface area contributed by atoms with Crippen LogP contribution in [0.3, 0.4) is 0 Å². The smallest absolute Gasteiger partial charge is 0.254 e. The van der Waals surface area contributed by atoms with Crippen molar-refractivity contribution in [2.75, 3.05) is 19.6 Å². The van der Waals surface area contributed by atoms with Crippen LogP contribution in [0.2, 0.25) is 0 Å². The summed E-state index contributed by atoms with van der Waals surface area (Å²) >= 11 is 0. The van der Waals surface area contributed by atoms with E-state index in [1.165, 1.54) is 10.6 Å². The summed E-state index contributed by atoms with van der Waals surface area (Å²) in [4.78, 5) is 24.2. The van der Waals surface area contributed by atoms with Crippen molar-refractivity contribution < 1.29 is 0 Å². The van der Waals surface area contributed by atoms with Gasteiger partial charge in [-0.05, 0) is 38.5 Å². The number of nitrogens with zero attached hydrogens (tertiary/aromatic N) is 6. The lowest BCUT2D eigenvalue weighted by Gasteiger charge is -2.33. The quantitative estimate of drug-likeness (QED) is 0.639. The van der Waals surface area contributed by atoms with E-state index in [9.17, 15) is 4.79 Å². The normalized spacial score (nSPS) is 17.0. The van der Waals surface area contributed by atoms with Gasteiger partial charge in [-0.1, -0.05) is 13.5 Å². The van der Waals surface area contributed by atoms with Crippen molar-refractivity contribution >= 4 is 11.6 Å². The van der Waals surface area contributed by atoms with Crippen LogP contribution in [0.25, 0.3) is 23.0 Å². The van der Waals surface area contributed by atoms with Gasteiger partial charge in [-0.3, -0.25) is 14.3 Å². The van der Waals surface area contributed by atoms with Gasteiger partial charge in [0.05, 0.1) is 28.8 Å². The van der Waals surface area contributed by atoms with Gasteiger partial charge in [0.1, 0.15) is 11.5 Å². The lowest BCUT2D eigenvalue weighted by atomic mass is 10.2. The Morgan fingerprint density at radius 2 is 2.13 bits per heavy atom. The van der Waals surface area contributed by atoms with E-state index >= 15 is 0 Å². The lowest BCUT2D eigenvalue weighted by molar-refractivity contribution is 0.263. The average Bonchev–Trinajstić information content (AvgIpc) is 3.17. The molecule has 1 saturated heterocycles. The maximum atomic E-state index is 12.6. The van der Waals surface area contributed by atoms with Crippen molar-refractivity contribution in [3.8, 4) is 11.4 Å². The molecule has 0 aromatic carbocycles. The Labute approximate surface area is 181 Å². The molecule has 1 aliphatic heterocycles. The molecule has 0 saturated carbocycles. The van der Waals surface area contributed by atoms with E-state index in [4.69, 9.17) is 4.98 Å². The summed E-state index contributed by atoms with van der Waals surface area (Å²) in [6.07, 6.45) is 6.47. The van der Waals surface area contributed by atoms with Gasteiger partial charge in [0.15, 0.2) is 0 Å². The monoisotopic (exact) mass is 419 g/mol. The zero-order valence-corrected chi connectivity index (χ0v) is 18.6. The molecule has 4 rings (SSSR count). The third kappa shape index (κ3) is 4.29. The Balaban J connectivity index is 1.68. The Bertz CT molecular complexity index is 1220. The van der Waals surface area contributed by atoms with Gasteiger partial charge in [0.2, 0.25) is 0 Å². The highest BCUT2D eigenvalue weighted by Crippen LogP contribution is 2.20. The van der Waals surface area contributed by atoms with Crippen LogP contribution < -0.4 is 10.9 Å². The van der Waals surface area contributed by atoms with Crippen LogP contribution in [0.4, 0.5) is 0 Å². The molecule has 0 amide bonds. The molecular formula is C23H29N7O. The number of aryl methyl sites for hydroxylation is 2. The summed E-state index contributed by atoms with van der Waals surface area (Å²) in [7, 11) is 1.72. The number of piperazine rings is 1. The SMILES string of the molecule is C=C(/C=C\c1nc(-c2cc3c(CC)nc(C)cn3n2)cc(=O)n1C)N1CCN[C@H](C)C1. The zero-order chi connectivity index (χ0) is 22.1. The number of nitrogens with one attached hydrogen (secondary N) is 1. The highest BCUT2D eigenvalue weighted by atomic mass is 16.1. The summed E-state index contributed by atoms with van der Waals surface area (Å²) in [5.41, 5.74) is 4.80. The average molecular weight is 420 g/mol. The van der Waals surface area contributed by atoms with Gasteiger partial charge in [-0.15, -0.1) is 0 Å². The topological polar surface area (TPSA) is 80.3 Å². The second-order valence-corrected chi connectivity index (χ2v) is 8.06. The fraction of sp³-hybridized carbons (Fsp3) is 0.391. The van der Waals surface area contributed by atoms with Crippen molar-refractivity contribution in [2.24, 2.45) is 7.05 Å². The van der Waals surface area contributed by atoms with E-state index in [0.29, 0.717) is 23.3 Å². The molecule has 31 heavy (non-hydrogen) atoms. The predicted octanol–water partition coefficient (Wildman–Crippen LogP) is 2.18. The maximum Gasteiger partial charge on any atom is 0.254 e. The van der Waals surface area contributed by atoms with E-state index < -0.39 is 0 Å². The minimum absolute atomic E-state index is 0.131. The standard InChI is InChI=1S/C23H29N7O/c1-6-18-21-11-20(27-30(21)14-16(3)25-18)19-12-23(31)28(5)22(26-19)8-7-17(4)29-10-9-24-15(2)13-29/h7-8,11-12,14-15,24H,4,6,9-10,13H2,1-3,5H3/b8-7-/t15-/m1/s1. The largest absolute Gasteiger partial charge is 0.369 e. The van der Waals surface area contributed by atoms with E-state index in [-0.39, 0.29) is 5.56 Å². The number of aromatic nitrogens is 5. The first-order valence-electron chi connectivity index (χ1n) is 10.7. The van der Waals surface area contributed by atoms with Crippen molar-refractivity contribution in [3.63, 3.8) is 0 Å². The van der Waals surface area contributed by atoms with Crippen LogP contribution in [-0.4, -0.2) is 54.7 Å². The van der Waals surface area contributed by atoms with Crippen LogP contribution in [0.1, 0.15) is 31.1 Å². The van der Waals surface area contributed by atoms with Gasteiger partial charge in [-0.25, -0.2) is 9.50 Å². The van der Waals surface area contributed by atoms with Gasteiger partial charge in [0.25, 0.3) is 5.56 Å². The number of fused-ring (bicyclic) bond motifs is 1. The van der Waals surface area contributed by atoms with Gasteiger partial charge < -0.3 is 10.2 Å². The van der Waals surface area contributed by atoms with Crippen LogP contribution >= 0.6 is 0 Å². The highest BCUT2D eigenvalue weighted by molar-refractivity contribution is 5.65. The van der Waals surface area contributed by atoms with Crippen molar-refractivity contribution in [1.29, 1.82) is 0 Å². The molecule has 3 aromatic heterocycles. The molecule has 8 nitrogen and oxygen atoms in total. The Hall–Kier alpha value is -3.26. The fourth-order valence-electron chi connectivity index (χ4n) is 3.88. The molecule has 4 heterocycles. The lowest BCUT2D eigenvalue weighted by Crippen LogP contribution is -2.48. The van der Waals surface area contributed by atoms with Crippen molar-refractivity contribution in [2.45, 2.75) is 33.2 Å². The Morgan fingerprint density at radius 3 is 2.87 bits per heavy atom. The first-order chi connectivity index (χ1) is 14.9. The van der Waals surface area contributed by atoms with Crippen LogP contribution in [0.15, 0.2) is 41.5 Å². The van der Waals surface area contributed by atoms with Crippen molar-refractivity contribution in [1.82, 2.24) is 34.4 Å². The molecule has 0 aliphatic carbocycles. The maximum absolute atomic E-state index is 12.6. The Kier molecular flexibility index (Phi) is 5.73. The summed E-state index contributed by atoms with van der Waals surface area (Å²) in [5, 5.41) is 8.08. The van der Waals surface area contributed by atoms with Gasteiger partial charge in [0, 0.05) is 44.5 Å². The first kappa shape index (κ1) is 21.0. The Morgan fingerprint density at radius 1 is 1.32 bits per heavy atom. The summed E-state index contributed by atoms with van der Waals surface area (Å²) < 4.78 is 3.35. The highest BCUT2D eigenvalue weighted by Gasteiger charge is 2.16. The molecule has 3 aromatic rings. The first-order valence-corrected chi connectivity index (χ1v) is 10.7. The molecule has 162 valence electrons. The minimum Gasteiger partial charge on any atom is -0.369 e. The number of rotatable bonds is 5. The molecule has 1 fully saturated rings. The fourth-order valence-corrected chi connectivity index (χ4v) is 3.88. The molecule has 0 unspecified atom stereocenters. The van der Waals surface area contributed by atoms with Gasteiger partial charge >= 0.3 is 0 Å². The van der Waals surface area contributed by atoms with Gasteiger partial charge in [-0.2, -0.15) is 5.10 Å². The van der Waals surface area contributed by atoms with E-state index in [0.717, 1.165) is 48.7 Å². The van der Waals surface area contributed by atoms with Crippen LogP contribution in [0, 0.1) is 6.92 Å². The minimum atomic E-state index is -0.131. The van der Waals surface area contributed by atoms with Crippen LogP contribution in [-0.2, 0) is 13.5 Å². The molecule has 1 atom stereocenters. The summed E-state index contributed by atoms with van der Waals surface area (Å²) in [5.74, 6) is 0.564. The number of allylic oxidation sites excluding steroid dienone is 1. The third-order valence-electron chi connectivity index (χ3n) is 5.62. The van der Waals surface area contributed by atoms with Crippen molar-refractivity contribution in [3.05, 3.63) is 64.2 Å². The summed E-state index contributed by atoms with van der Waals surface area (Å²) in [6, 6.07) is 3.89. The molecule has 0 bridgehead atoms. The second-order valence-electron chi connectivity index (χ2n) is 8.06. The molecular weight excluding hydrogens is 390 g/mol. The second kappa shape index (κ2) is 8.47. The molecule has 0 radical (unpaired) electrons. The predicted molar refractivity (Wildman–Crippen MR) is 123 cm³/mol. The zero-order valence-electron chi connectivity index (χ0n) is 18.6. The van der Waals surface area contributed by atoms with E-state index in [2.05, 4.69) is 40.7 Å². The molecule has 1 aliphatic rings. The molecule has 0 spiro atoms. The number of hydrogen-bond acceptors (Lipinski definition) is 6. The summed E-state index contributed by atoms with van der Waals surface area (Å²) in [6.45, 7) is 13.1. The molecule has 8 heteroatoms. The molecule has 1 N–H and O–H groups in total. The van der Waals surface area contributed by atoms with Crippen LogP contribution in [0.5, 0.6) is 0 Å². The van der Waals surface area contributed by atoms with E-state index in [1.807, 2.05) is 35.9 Å².